The van der Waals surface area contributed by atoms with E-state index in [1.54, 1.807) is 0 Å². The molecule has 0 amide bonds. The molecule has 1 saturated carbocycles. The third kappa shape index (κ3) is 1.23. The summed E-state index contributed by atoms with van der Waals surface area (Å²) in [6.07, 6.45) is 4.44. The molecule has 0 N–H and O–H groups in total. The lowest BCUT2D eigenvalue weighted by atomic mass is 10.3. The number of hydrogen-bond acceptors (Lipinski definition) is 2. The standard InChI is InChI=1S/C9H8IN3/c10-8-5-11-9-4-3-7(6-1-2-6)12-13(8)9/h3-6H,1-2H2. The highest BCUT2D eigenvalue weighted by molar-refractivity contribution is 14.1. The topological polar surface area (TPSA) is 30.2 Å². The number of rotatable bonds is 1. The van der Waals surface area contributed by atoms with Gasteiger partial charge in [0.25, 0.3) is 0 Å². The van der Waals surface area contributed by atoms with Crippen molar-refractivity contribution in [3.63, 3.8) is 0 Å². The zero-order valence-corrected chi connectivity index (χ0v) is 9.10. The molecular weight excluding hydrogens is 277 g/mol. The van der Waals surface area contributed by atoms with Crippen LogP contribution in [0.15, 0.2) is 18.3 Å². The lowest BCUT2D eigenvalue weighted by Gasteiger charge is -1.98. The monoisotopic (exact) mass is 285 g/mol. The first-order valence-electron chi connectivity index (χ1n) is 4.35. The summed E-state index contributed by atoms with van der Waals surface area (Å²) in [5.41, 5.74) is 2.15. The first-order chi connectivity index (χ1) is 6.34. The molecule has 0 unspecified atom stereocenters. The van der Waals surface area contributed by atoms with Crippen LogP contribution in [0.1, 0.15) is 24.5 Å². The molecular formula is C9H8IN3. The van der Waals surface area contributed by atoms with E-state index in [0.717, 1.165) is 9.35 Å². The molecule has 13 heavy (non-hydrogen) atoms. The van der Waals surface area contributed by atoms with Crippen molar-refractivity contribution in [1.29, 1.82) is 0 Å². The Labute approximate surface area is 89.3 Å². The second-order valence-corrected chi connectivity index (χ2v) is 4.49. The fourth-order valence-corrected chi connectivity index (χ4v) is 1.95. The molecule has 0 aliphatic heterocycles. The zero-order valence-electron chi connectivity index (χ0n) is 6.94. The minimum Gasteiger partial charge on any atom is -0.234 e. The summed E-state index contributed by atoms with van der Waals surface area (Å²) in [6.45, 7) is 0. The van der Waals surface area contributed by atoms with Gasteiger partial charge < -0.3 is 0 Å². The van der Waals surface area contributed by atoms with Crippen LogP contribution in [0.4, 0.5) is 0 Å². The van der Waals surface area contributed by atoms with Gasteiger partial charge in [0, 0.05) is 5.92 Å². The summed E-state index contributed by atoms with van der Waals surface area (Å²) in [7, 11) is 0. The summed E-state index contributed by atoms with van der Waals surface area (Å²) >= 11 is 2.25. The van der Waals surface area contributed by atoms with Crippen LogP contribution in [-0.4, -0.2) is 14.6 Å². The van der Waals surface area contributed by atoms with Crippen molar-refractivity contribution in [2.24, 2.45) is 0 Å². The third-order valence-electron chi connectivity index (χ3n) is 2.34. The first-order valence-corrected chi connectivity index (χ1v) is 5.42. The minimum atomic E-state index is 0.711. The van der Waals surface area contributed by atoms with Crippen molar-refractivity contribution in [3.8, 4) is 0 Å². The highest BCUT2D eigenvalue weighted by Crippen LogP contribution is 2.38. The Morgan fingerprint density at radius 3 is 3.00 bits per heavy atom. The molecule has 0 saturated heterocycles. The molecule has 0 atom stereocenters. The SMILES string of the molecule is Ic1cnc2ccc(C3CC3)nn12. The molecule has 2 aromatic rings. The minimum absolute atomic E-state index is 0.711. The first kappa shape index (κ1) is 7.73. The van der Waals surface area contributed by atoms with E-state index >= 15 is 0 Å². The highest BCUT2D eigenvalue weighted by atomic mass is 127. The van der Waals surface area contributed by atoms with Gasteiger partial charge >= 0.3 is 0 Å². The van der Waals surface area contributed by atoms with Gasteiger partial charge in [-0.3, -0.25) is 0 Å². The van der Waals surface area contributed by atoms with E-state index in [1.807, 2.05) is 16.8 Å². The summed E-state index contributed by atoms with van der Waals surface area (Å²) in [4.78, 5) is 4.23. The van der Waals surface area contributed by atoms with Crippen molar-refractivity contribution in [1.82, 2.24) is 14.6 Å². The fraction of sp³-hybridized carbons (Fsp3) is 0.333. The maximum atomic E-state index is 4.54. The zero-order chi connectivity index (χ0) is 8.84. The summed E-state index contributed by atoms with van der Waals surface area (Å²) < 4.78 is 2.99. The number of nitrogens with zero attached hydrogens (tertiary/aromatic N) is 3. The van der Waals surface area contributed by atoms with E-state index in [4.69, 9.17) is 0 Å². The van der Waals surface area contributed by atoms with Gasteiger partial charge in [-0.05, 0) is 47.6 Å². The van der Waals surface area contributed by atoms with E-state index in [9.17, 15) is 0 Å². The molecule has 2 heterocycles. The van der Waals surface area contributed by atoms with Crippen LogP contribution < -0.4 is 0 Å². The Hall–Kier alpha value is -0.650. The number of halogens is 1. The largest absolute Gasteiger partial charge is 0.234 e. The van der Waals surface area contributed by atoms with Crippen LogP contribution in [0, 0.1) is 3.70 Å². The van der Waals surface area contributed by atoms with E-state index in [2.05, 4.69) is 38.7 Å². The average Bonchev–Trinajstić information content (AvgIpc) is 2.93. The number of hydrogen-bond donors (Lipinski definition) is 0. The smallest absolute Gasteiger partial charge is 0.154 e. The van der Waals surface area contributed by atoms with Crippen LogP contribution in [0.2, 0.25) is 0 Å². The highest BCUT2D eigenvalue weighted by Gasteiger charge is 2.25. The number of fused-ring (bicyclic) bond motifs is 1. The van der Waals surface area contributed by atoms with E-state index in [0.29, 0.717) is 5.92 Å². The Bertz CT molecular complexity index is 459. The van der Waals surface area contributed by atoms with Gasteiger partial charge in [-0.2, -0.15) is 5.10 Å². The Kier molecular flexibility index (Phi) is 1.59. The molecule has 0 aromatic carbocycles. The molecule has 0 radical (unpaired) electrons. The maximum Gasteiger partial charge on any atom is 0.154 e. The van der Waals surface area contributed by atoms with Gasteiger partial charge in [-0.15, -0.1) is 0 Å². The van der Waals surface area contributed by atoms with Crippen LogP contribution >= 0.6 is 22.6 Å². The summed E-state index contributed by atoms with van der Waals surface area (Å²) in [6, 6.07) is 4.14. The van der Waals surface area contributed by atoms with Crippen molar-refractivity contribution < 1.29 is 0 Å². The molecule has 3 rings (SSSR count). The number of imidazole rings is 1. The molecule has 66 valence electrons. The molecule has 2 aromatic heterocycles. The van der Waals surface area contributed by atoms with Gasteiger partial charge in [0.05, 0.1) is 11.9 Å². The number of aromatic nitrogens is 3. The van der Waals surface area contributed by atoms with Crippen LogP contribution in [0.5, 0.6) is 0 Å². The van der Waals surface area contributed by atoms with Crippen molar-refractivity contribution in [2.45, 2.75) is 18.8 Å². The van der Waals surface area contributed by atoms with Crippen LogP contribution in [0.25, 0.3) is 5.65 Å². The second kappa shape index (κ2) is 2.67. The Balaban J connectivity index is 2.24. The normalized spacial score (nSPS) is 16.7. The van der Waals surface area contributed by atoms with Gasteiger partial charge in [0.15, 0.2) is 5.65 Å². The van der Waals surface area contributed by atoms with Crippen molar-refractivity contribution >= 4 is 28.2 Å². The predicted molar refractivity (Wildman–Crippen MR) is 57.7 cm³/mol. The Morgan fingerprint density at radius 1 is 1.38 bits per heavy atom. The van der Waals surface area contributed by atoms with Crippen molar-refractivity contribution in [3.05, 3.63) is 27.7 Å². The van der Waals surface area contributed by atoms with E-state index in [-0.39, 0.29) is 0 Å². The fourth-order valence-electron chi connectivity index (χ4n) is 1.46. The van der Waals surface area contributed by atoms with Gasteiger partial charge in [0.1, 0.15) is 3.70 Å². The van der Waals surface area contributed by atoms with Gasteiger partial charge in [-0.1, -0.05) is 0 Å². The summed E-state index contributed by atoms with van der Waals surface area (Å²) in [5.74, 6) is 0.711. The van der Waals surface area contributed by atoms with Gasteiger partial charge in [-0.25, -0.2) is 9.50 Å². The lowest BCUT2D eigenvalue weighted by molar-refractivity contribution is 0.841. The van der Waals surface area contributed by atoms with Crippen molar-refractivity contribution in [2.75, 3.05) is 0 Å². The van der Waals surface area contributed by atoms with Crippen LogP contribution in [-0.2, 0) is 0 Å². The molecule has 0 bridgehead atoms. The lowest BCUT2D eigenvalue weighted by Crippen LogP contribution is -1.97. The second-order valence-electron chi connectivity index (χ2n) is 3.38. The van der Waals surface area contributed by atoms with Crippen LogP contribution in [0.3, 0.4) is 0 Å². The predicted octanol–water partition coefficient (Wildman–Crippen LogP) is 2.21. The third-order valence-corrected chi connectivity index (χ3v) is 3.07. The molecule has 1 aliphatic rings. The quantitative estimate of drug-likeness (QED) is 0.752. The van der Waals surface area contributed by atoms with Gasteiger partial charge in [0.2, 0.25) is 0 Å². The molecule has 1 aliphatic carbocycles. The summed E-state index contributed by atoms with van der Waals surface area (Å²) in [5, 5.41) is 4.54. The molecule has 4 heteroatoms. The molecule has 3 nitrogen and oxygen atoms in total. The maximum absolute atomic E-state index is 4.54. The Morgan fingerprint density at radius 2 is 2.23 bits per heavy atom. The molecule has 1 fully saturated rings. The average molecular weight is 285 g/mol. The molecule has 0 spiro atoms. The van der Waals surface area contributed by atoms with E-state index < -0.39 is 0 Å². The van der Waals surface area contributed by atoms with E-state index in [1.165, 1.54) is 18.5 Å².